The second-order valence-corrected chi connectivity index (χ2v) is 7.11. The van der Waals surface area contributed by atoms with Crippen LogP contribution < -0.4 is 10.6 Å². The minimum atomic E-state index is -0.0528. The van der Waals surface area contributed by atoms with E-state index in [4.69, 9.17) is 0 Å². The molecular formula is C18H27N3O2. The maximum Gasteiger partial charge on any atom is 0.317 e. The minimum Gasteiger partial charge on any atom is -0.350 e. The summed E-state index contributed by atoms with van der Waals surface area (Å²) < 4.78 is 0. The molecule has 1 aliphatic heterocycles. The first-order valence-electron chi connectivity index (χ1n) is 8.16. The van der Waals surface area contributed by atoms with Crippen molar-refractivity contribution in [2.45, 2.75) is 51.6 Å². The van der Waals surface area contributed by atoms with E-state index in [0.717, 1.165) is 6.42 Å². The van der Waals surface area contributed by atoms with Gasteiger partial charge < -0.3 is 15.5 Å². The van der Waals surface area contributed by atoms with Crippen molar-refractivity contribution in [3.8, 4) is 0 Å². The number of hydrogen-bond acceptors (Lipinski definition) is 2. The van der Waals surface area contributed by atoms with Crippen LogP contribution in [-0.4, -0.2) is 42.0 Å². The number of likely N-dealkylation sites (tertiary alicyclic amines) is 1. The standard InChI is InChI=1S/C18H27N3O2/c1-13(10-18(3,4)15-8-6-5-7-9-15)19-17(23)21-11-16(12-21)20-14(2)22/h5-9,13,16H,10-12H2,1-4H3,(H,19,23)(H,20,22)/t13-/m1/s1. The summed E-state index contributed by atoms with van der Waals surface area (Å²) in [4.78, 5) is 24.9. The molecule has 0 saturated carbocycles. The molecule has 1 fully saturated rings. The average molecular weight is 317 g/mol. The third kappa shape index (κ3) is 4.71. The van der Waals surface area contributed by atoms with Crippen molar-refractivity contribution < 1.29 is 9.59 Å². The monoisotopic (exact) mass is 317 g/mol. The number of nitrogens with zero attached hydrogens (tertiary/aromatic N) is 1. The van der Waals surface area contributed by atoms with Gasteiger partial charge in [-0.05, 0) is 24.3 Å². The van der Waals surface area contributed by atoms with Crippen LogP contribution in [0.1, 0.15) is 39.7 Å². The highest BCUT2D eigenvalue weighted by Crippen LogP contribution is 2.28. The first-order valence-corrected chi connectivity index (χ1v) is 8.16. The van der Waals surface area contributed by atoms with Gasteiger partial charge in [0, 0.05) is 26.1 Å². The topological polar surface area (TPSA) is 61.4 Å². The molecule has 0 radical (unpaired) electrons. The van der Waals surface area contributed by atoms with Gasteiger partial charge in [-0.15, -0.1) is 0 Å². The molecule has 2 N–H and O–H groups in total. The van der Waals surface area contributed by atoms with Crippen LogP contribution in [0.25, 0.3) is 0 Å². The van der Waals surface area contributed by atoms with Gasteiger partial charge in [0.25, 0.3) is 0 Å². The molecular weight excluding hydrogens is 290 g/mol. The van der Waals surface area contributed by atoms with E-state index in [1.54, 1.807) is 4.90 Å². The van der Waals surface area contributed by atoms with E-state index in [-0.39, 0.29) is 29.4 Å². The molecule has 5 nitrogen and oxygen atoms in total. The summed E-state index contributed by atoms with van der Waals surface area (Å²) in [5, 5.41) is 5.87. The molecule has 0 aromatic heterocycles. The van der Waals surface area contributed by atoms with Crippen molar-refractivity contribution in [3.05, 3.63) is 35.9 Å². The number of carbonyl (C=O) groups is 2. The van der Waals surface area contributed by atoms with Gasteiger partial charge in [0.15, 0.2) is 0 Å². The van der Waals surface area contributed by atoms with Gasteiger partial charge in [-0.3, -0.25) is 4.79 Å². The first kappa shape index (κ1) is 17.3. The lowest BCUT2D eigenvalue weighted by molar-refractivity contribution is -0.120. The normalized spacial score (nSPS) is 16.4. The van der Waals surface area contributed by atoms with Gasteiger partial charge >= 0.3 is 6.03 Å². The highest BCUT2D eigenvalue weighted by atomic mass is 16.2. The Hall–Kier alpha value is -2.04. The predicted octanol–water partition coefficient (Wildman–Crippen LogP) is 2.27. The SMILES string of the molecule is CC(=O)NC1CN(C(=O)N[C@H](C)CC(C)(C)c2ccccc2)C1. The second-order valence-electron chi connectivity index (χ2n) is 7.11. The molecule has 1 aromatic carbocycles. The Balaban J connectivity index is 1.80. The largest absolute Gasteiger partial charge is 0.350 e. The zero-order chi connectivity index (χ0) is 17.0. The summed E-state index contributed by atoms with van der Waals surface area (Å²) in [5.41, 5.74) is 1.28. The Bertz CT molecular complexity index is 551. The van der Waals surface area contributed by atoms with E-state index < -0.39 is 0 Å². The Labute approximate surface area is 138 Å². The number of benzene rings is 1. The van der Waals surface area contributed by atoms with E-state index in [1.165, 1.54) is 12.5 Å². The van der Waals surface area contributed by atoms with Crippen LogP contribution in [-0.2, 0) is 10.2 Å². The van der Waals surface area contributed by atoms with Gasteiger partial charge in [0.2, 0.25) is 5.91 Å². The number of rotatable bonds is 5. The Kier molecular flexibility index (Phi) is 5.29. The maximum absolute atomic E-state index is 12.2. The van der Waals surface area contributed by atoms with Crippen molar-refractivity contribution >= 4 is 11.9 Å². The summed E-state index contributed by atoms with van der Waals surface area (Å²) in [6.45, 7) is 9.09. The lowest BCUT2D eigenvalue weighted by Crippen LogP contribution is -2.63. The molecule has 2 rings (SSSR count). The summed E-state index contributed by atoms with van der Waals surface area (Å²) in [5.74, 6) is -0.0481. The van der Waals surface area contributed by atoms with Crippen molar-refractivity contribution in [2.24, 2.45) is 0 Å². The van der Waals surface area contributed by atoms with Gasteiger partial charge in [0.05, 0.1) is 6.04 Å². The van der Waals surface area contributed by atoms with Crippen LogP contribution >= 0.6 is 0 Å². The number of amides is 3. The molecule has 0 spiro atoms. The number of urea groups is 1. The molecule has 1 heterocycles. The Morgan fingerprint density at radius 3 is 2.43 bits per heavy atom. The number of nitrogens with one attached hydrogen (secondary N) is 2. The average Bonchev–Trinajstić information content (AvgIpc) is 2.42. The first-order chi connectivity index (χ1) is 10.8. The van der Waals surface area contributed by atoms with Crippen LogP contribution in [0.5, 0.6) is 0 Å². The van der Waals surface area contributed by atoms with Gasteiger partial charge in [-0.2, -0.15) is 0 Å². The molecule has 1 saturated heterocycles. The maximum atomic E-state index is 12.2. The van der Waals surface area contributed by atoms with E-state index in [1.807, 2.05) is 25.1 Å². The molecule has 1 aliphatic rings. The molecule has 1 atom stereocenters. The van der Waals surface area contributed by atoms with Crippen LogP contribution in [0.4, 0.5) is 4.79 Å². The Morgan fingerprint density at radius 1 is 1.26 bits per heavy atom. The fourth-order valence-corrected chi connectivity index (χ4v) is 3.15. The molecule has 0 bridgehead atoms. The molecule has 3 amide bonds. The molecule has 126 valence electrons. The third-order valence-corrected chi connectivity index (χ3v) is 4.32. The predicted molar refractivity (Wildman–Crippen MR) is 91.3 cm³/mol. The molecule has 0 aliphatic carbocycles. The van der Waals surface area contributed by atoms with Gasteiger partial charge in [-0.1, -0.05) is 44.2 Å². The van der Waals surface area contributed by atoms with E-state index in [0.29, 0.717) is 13.1 Å². The van der Waals surface area contributed by atoms with Crippen LogP contribution in [0.2, 0.25) is 0 Å². The van der Waals surface area contributed by atoms with Crippen molar-refractivity contribution in [3.63, 3.8) is 0 Å². The lowest BCUT2D eigenvalue weighted by Gasteiger charge is -2.40. The highest BCUT2D eigenvalue weighted by Gasteiger charge is 2.32. The zero-order valence-electron chi connectivity index (χ0n) is 14.4. The number of hydrogen-bond donors (Lipinski definition) is 2. The van der Waals surface area contributed by atoms with Gasteiger partial charge in [0.1, 0.15) is 0 Å². The fourth-order valence-electron chi connectivity index (χ4n) is 3.15. The minimum absolute atomic E-state index is 0.00161. The number of carbonyl (C=O) groups excluding carboxylic acids is 2. The summed E-state index contributed by atoms with van der Waals surface area (Å²) in [6, 6.07) is 10.5. The van der Waals surface area contributed by atoms with Crippen LogP contribution in [0.3, 0.4) is 0 Å². The van der Waals surface area contributed by atoms with Crippen LogP contribution in [0.15, 0.2) is 30.3 Å². The molecule has 23 heavy (non-hydrogen) atoms. The van der Waals surface area contributed by atoms with Crippen molar-refractivity contribution in [1.29, 1.82) is 0 Å². The Morgan fingerprint density at radius 2 is 1.87 bits per heavy atom. The zero-order valence-corrected chi connectivity index (χ0v) is 14.4. The highest BCUT2D eigenvalue weighted by molar-refractivity contribution is 5.77. The summed E-state index contributed by atoms with van der Waals surface area (Å²) in [7, 11) is 0. The van der Waals surface area contributed by atoms with E-state index >= 15 is 0 Å². The lowest BCUT2D eigenvalue weighted by atomic mass is 9.79. The van der Waals surface area contributed by atoms with Crippen molar-refractivity contribution in [2.75, 3.05) is 13.1 Å². The summed E-state index contributed by atoms with van der Waals surface area (Å²) >= 11 is 0. The quantitative estimate of drug-likeness (QED) is 0.875. The van der Waals surface area contributed by atoms with E-state index in [2.05, 4.69) is 36.6 Å². The molecule has 0 unspecified atom stereocenters. The summed E-state index contributed by atoms with van der Waals surface area (Å²) in [6.07, 6.45) is 0.867. The van der Waals surface area contributed by atoms with Crippen molar-refractivity contribution in [1.82, 2.24) is 15.5 Å². The molecule has 1 aromatic rings. The fraction of sp³-hybridized carbons (Fsp3) is 0.556. The van der Waals surface area contributed by atoms with Crippen LogP contribution in [0, 0.1) is 0 Å². The smallest absolute Gasteiger partial charge is 0.317 e. The van der Waals surface area contributed by atoms with E-state index in [9.17, 15) is 9.59 Å². The van der Waals surface area contributed by atoms with Gasteiger partial charge in [-0.25, -0.2) is 4.79 Å². The molecule has 5 heteroatoms. The second kappa shape index (κ2) is 7.02. The third-order valence-electron chi connectivity index (χ3n) is 4.32.